The smallest absolute Gasteiger partial charge is 0.328 e. The molecule has 1 N–H and O–H groups in total. The Morgan fingerprint density at radius 2 is 1.90 bits per heavy atom. The first kappa shape index (κ1) is 17.0. The first-order valence-corrected chi connectivity index (χ1v) is 7.83. The summed E-state index contributed by atoms with van der Waals surface area (Å²) in [6, 6.07) is -0.563. The minimum Gasteiger partial charge on any atom is -0.464 e. The third-order valence-electron chi connectivity index (χ3n) is 4.36. The van der Waals surface area contributed by atoms with E-state index < -0.39 is 6.04 Å². The molecule has 0 radical (unpaired) electrons. The minimum atomic E-state index is -0.563. The Labute approximate surface area is 122 Å². The zero-order chi connectivity index (χ0) is 15.3. The molecule has 4 nitrogen and oxygen atoms in total. The second-order valence-electron chi connectivity index (χ2n) is 6.41. The fraction of sp³-hybridized carbons (Fsp3) is 0.875. The van der Waals surface area contributed by atoms with Gasteiger partial charge in [-0.05, 0) is 44.4 Å². The molecule has 0 heterocycles. The van der Waals surface area contributed by atoms with Crippen LogP contribution in [0.3, 0.4) is 0 Å². The Kier molecular flexibility index (Phi) is 6.50. The predicted octanol–water partition coefficient (Wildman–Crippen LogP) is 2.76. The van der Waals surface area contributed by atoms with E-state index in [0.29, 0.717) is 24.4 Å². The standard InChI is InChI=1S/C16H29NO3/c1-6-20-16(19)12(5)17-15(18)14-9-11(4)7-8-13(14)10(2)3/h10-14H,6-9H2,1-5H3,(H,17,18)/t11?,12-,13?,14?/m1/s1. The number of rotatable bonds is 5. The normalized spacial score (nSPS) is 28.0. The summed E-state index contributed by atoms with van der Waals surface area (Å²) in [6.45, 7) is 10.3. The molecule has 4 atom stereocenters. The van der Waals surface area contributed by atoms with Crippen molar-refractivity contribution in [1.29, 1.82) is 0 Å². The molecule has 0 bridgehead atoms. The molecule has 4 heteroatoms. The van der Waals surface area contributed by atoms with E-state index in [0.717, 1.165) is 12.8 Å². The van der Waals surface area contributed by atoms with Gasteiger partial charge in [0.15, 0.2) is 0 Å². The van der Waals surface area contributed by atoms with Crippen LogP contribution in [0.15, 0.2) is 0 Å². The Hall–Kier alpha value is -1.06. The average molecular weight is 283 g/mol. The number of ether oxygens (including phenoxy) is 1. The Bertz CT molecular complexity index is 341. The SMILES string of the molecule is CCOC(=O)[C@@H](C)NC(=O)C1CC(C)CCC1C(C)C. The molecule has 1 rings (SSSR count). The summed E-state index contributed by atoms with van der Waals surface area (Å²) in [6.07, 6.45) is 3.22. The van der Waals surface area contributed by atoms with Crippen LogP contribution in [0.5, 0.6) is 0 Å². The monoisotopic (exact) mass is 283 g/mol. The van der Waals surface area contributed by atoms with Crippen LogP contribution in [0.25, 0.3) is 0 Å². The van der Waals surface area contributed by atoms with Gasteiger partial charge in [0.1, 0.15) is 6.04 Å². The van der Waals surface area contributed by atoms with E-state index in [4.69, 9.17) is 4.74 Å². The lowest BCUT2D eigenvalue weighted by molar-refractivity contribution is -0.147. The van der Waals surface area contributed by atoms with Gasteiger partial charge in [-0.2, -0.15) is 0 Å². The van der Waals surface area contributed by atoms with Gasteiger partial charge in [0.05, 0.1) is 6.61 Å². The van der Waals surface area contributed by atoms with Crippen LogP contribution in [0.4, 0.5) is 0 Å². The highest BCUT2D eigenvalue weighted by Gasteiger charge is 2.36. The van der Waals surface area contributed by atoms with Gasteiger partial charge in [-0.25, -0.2) is 4.79 Å². The van der Waals surface area contributed by atoms with Crippen LogP contribution in [-0.4, -0.2) is 24.5 Å². The molecular weight excluding hydrogens is 254 g/mol. The molecule has 1 aliphatic rings. The van der Waals surface area contributed by atoms with Crippen LogP contribution in [0.2, 0.25) is 0 Å². The predicted molar refractivity (Wildman–Crippen MR) is 79.1 cm³/mol. The van der Waals surface area contributed by atoms with E-state index in [1.54, 1.807) is 13.8 Å². The zero-order valence-electron chi connectivity index (χ0n) is 13.4. The lowest BCUT2D eigenvalue weighted by atomic mass is 9.69. The molecule has 0 saturated heterocycles. The molecule has 1 amide bonds. The summed E-state index contributed by atoms with van der Waals surface area (Å²) in [7, 11) is 0. The van der Waals surface area contributed by atoms with E-state index in [1.807, 2.05) is 0 Å². The van der Waals surface area contributed by atoms with Gasteiger partial charge in [-0.15, -0.1) is 0 Å². The van der Waals surface area contributed by atoms with Gasteiger partial charge in [0.2, 0.25) is 5.91 Å². The number of hydrogen-bond donors (Lipinski definition) is 1. The van der Waals surface area contributed by atoms with Crippen LogP contribution in [0.1, 0.15) is 53.9 Å². The molecule has 116 valence electrons. The highest BCUT2D eigenvalue weighted by molar-refractivity contribution is 5.85. The first-order chi connectivity index (χ1) is 9.36. The molecular formula is C16H29NO3. The van der Waals surface area contributed by atoms with E-state index in [9.17, 15) is 9.59 Å². The molecule has 0 aliphatic heterocycles. The van der Waals surface area contributed by atoms with Crippen molar-refractivity contribution >= 4 is 11.9 Å². The quantitative estimate of drug-likeness (QED) is 0.789. The van der Waals surface area contributed by atoms with Crippen molar-refractivity contribution in [1.82, 2.24) is 5.32 Å². The van der Waals surface area contributed by atoms with Crippen molar-refractivity contribution in [3.63, 3.8) is 0 Å². The van der Waals surface area contributed by atoms with Crippen molar-refractivity contribution in [3.8, 4) is 0 Å². The number of hydrogen-bond acceptors (Lipinski definition) is 3. The van der Waals surface area contributed by atoms with Crippen molar-refractivity contribution in [3.05, 3.63) is 0 Å². The minimum absolute atomic E-state index is 0.0100. The third-order valence-corrected chi connectivity index (χ3v) is 4.36. The van der Waals surface area contributed by atoms with Crippen molar-refractivity contribution < 1.29 is 14.3 Å². The molecule has 3 unspecified atom stereocenters. The Morgan fingerprint density at radius 1 is 1.25 bits per heavy atom. The number of carbonyl (C=O) groups excluding carboxylic acids is 2. The van der Waals surface area contributed by atoms with Crippen molar-refractivity contribution in [2.24, 2.45) is 23.7 Å². The summed E-state index contributed by atoms with van der Waals surface area (Å²) in [5.41, 5.74) is 0. The average Bonchev–Trinajstić information content (AvgIpc) is 2.38. The molecule has 1 saturated carbocycles. The summed E-state index contributed by atoms with van der Waals surface area (Å²) in [5.74, 6) is 1.17. The molecule has 0 aromatic carbocycles. The lowest BCUT2D eigenvalue weighted by Gasteiger charge is -2.36. The number of nitrogens with one attached hydrogen (secondary N) is 1. The maximum Gasteiger partial charge on any atom is 0.328 e. The number of amides is 1. The summed E-state index contributed by atoms with van der Waals surface area (Å²) >= 11 is 0. The van der Waals surface area contributed by atoms with Crippen molar-refractivity contribution in [2.75, 3.05) is 6.61 Å². The summed E-state index contributed by atoms with van der Waals surface area (Å²) < 4.78 is 4.93. The van der Waals surface area contributed by atoms with Gasteiger partial charge >= 0.3 is 5.97 Å². The van der Waals surface area contributed by atoms with Crippen LogP contribution in [0, 0.1) is 23.7 Å². The van der Waals surface area contributed by atoms with Crippen LogP contribution >= 0.6 is 0 Å². The van der Waals surface area contributed by atoms with Crippen LogP contribution in [-0.2, 0) is 14.3 Å². The Morgan fingerprint density at radius 3 is 2.45 bits per heavy atom. The lowest BCUT2D eigenvalue weighted by Crippen LogP contribution is -2.46. The second-order valence-corrected chi connectivity index (χ2v) is 6.41. The number of esters is 1. The molecule has 0 aromatic rings. The molecule has 1 aliphatic carbocycles. The number of carbonyl (C=O) groups is 2. The van der Waals surface area contributed by atoms with Gasteiger partial charge in [-0.1, -0.05) is 27.2 Å². The van der Waals surface area contributed by atoms with Crippen molar-refractivity contribution in [2.45, 2.75) is 59.9 Å². The summed E-state index contributed by atoms with van der Waals surface area (Å²) in [4.78, 5) is 24.1. The highest BCUT2D eigenvalue weighted by Crippen LogP contribution is 2.38. The molecule has 0 aromatic heterocycles. The van der Waals surface area contributed by atoms with Crippen LogP contribution < -0.4 is 5.32 Å². The van der Waals surface area contributed by atoms with E-state index in [2.05, 4.69) is 26.1 Å². The highest BCUT2D eigenvalue weighted by atomic mass is 16.5. The largest absolute Gasteiger partial charge is 0.464 e. The van der Waals surface area contributed by atoms with Gasteiger partial charge in [-0.3, -0.25) is 4.79 Å². The van der Waals surface area contributed by atoms with Gasteiger partial charge in [0, 0.05) is 5.92 Å². The van der Waals surface area contributed by atoms with E-state index >= 15 is 0 Å². The molecule has 20 heavy (non-hydrogen) atoms. The first-order valence-electron chi connectivity index (χ1n) is 7.83. The summed E-state index contributed by atoms with van der Waals surface area (Å²) in [5, 5.41) is 2.83. The maximum atomic E-state index is 12.5. The maximum absolute atomic E-state index is 12.5. The fourth-order valence-electron chi connectivity index (χ4n) is 3.15. The fourth-order valence-corrected chi connectivity index (χ4v) is 3.15. The molecule has 0 spiro atoms. The third kappa shape index (κ3) is 4.50. The van der Waals surface area contributed by atoms with Gasteiger partial charge < -0.3 is 10.1 Å². The van der Waals surface area contributed by atoms with Gasteiger partial charge in [0.25, 0.3) is 0 Å². The topological polar surface area (TPSA) is 55.4 Å². The van der Waals surface area contributed by atoms with E-state index in [1.165, 1.54) is 6.42 Å². The molecule has 1 fully saturated rings. The second kappa shape index (κ2) is 7.65. The Balaban J connectivity index is 2.65. The zero-order valence-corrected chi connectivity index (χ0v) is 13.4. The van der Waals surface area contributed by atoms with E-state index in [-0.39, 0.29) is 17.8 Å².